The van der Waals surface area contributed by atoms with Crippen molar-refractivity contribution >= 4 is 11.8 Å². The Balaban J connectivity index is 1.85. The van der Waals surface area contributed by atoms with Gasteiger partial charge in [0.05, 0.1) is 5.56 Å². The average molecular weight is 328 g/mol. The lowest BCUT2D eigenvalue weighted by Gasteiger charge is -2.11. The van der Waals surface area contributed by atoms with Crippen LogP contribution in [0.1, 0.15) is 28.4 Å². The maximum Gasteiger partial charge on any atom is 0.276 e. The summed E-state index contributed by atoms with van der Waals surface area (Å²) < 4.78 is 5.45. The third-order valence-corrected chi connectivity index (χ3v) is 3.43. The lowest BCUT2D eigenvalue weighted by Crippen LogP contribution is -2.43. The predicted molar refractivity (Wildman–Crippen MR) is 89.8 cm³/mol. The number of phenols is 1. The summed E-state index contributed by atoms with van der Waals surface area (Å²) in [4.78, 5) is 23.7. The molecule has 0 aliphatic rings. The summed E-state index contributed by atoms with van der Waals surface area (Å²) in [6.07, 6.45) is 0.793. The van der Waals surface area contributed by atoms with Crippen LogP contribution in [0.2, 0.25) is 0 Å². The Morgan fingerprint density at radius 1 is 1.12 bits per heavy atom. The number of phenolic OH excluding ortho intramolecular Hbond substituents is 1. The molecule has 0 radical (unpaired) electrons. The fourth-order valence-corrected chi connectivity index (χ4v) is 2.14. The normalized spacial score (nSPS) is 10.1. The molecular weight excluding hydrogens is 308 g/mol. The minimum atomic E-state index is -0.602. The van der Waals surface area contributed by atoms with Crippen molar-refractivity contribution in [3.05, 3.63) is 59.2 Å². The molecule has 2 aromatic rings. The van der Waals surface area contributed by atoms with Crippen LogP contribution in [0.25, 0.3) is 0 Å². The maximum absolute atomic E-state index is 11.9. The first-order valence-corrected chi connectivity index (χ1v) is 7.60. The number of hydrogen-bond donors (Lipinski definition) is 3. The van der Waals surface area contributed by atoms with E-state index in [9.17, 15) is 14.7 Å². The number of benzene rings is 2. The van der Waals surface area contributed by atoms with Gasteiger partial charge in [0.25, 0.3) is 11.8 Å². The molecule has 2 amide bonds. The molecule has 3 N–H and O–H groups in total. The minimum absolute atomic E-state index is 0.0816. The van der Waals surface area contributed by atoms with Crippen molar-refractivity contribution in [1.82, 2.24) is 10.9 Å². The number of hydrazine groups is 1. The second-order valence-corrected chi connectivity index (χ2v) is 5.27. The largest absolute Gasteiger partial charge is 0.507 e. The zero-order valence-electron chi connectivity index (χ0n) is 13.6. The molecule has 0 aromatic heterocycles. The Bertz CT molecular complexity index is 744. The number of aromatic hydroxyl groups is 1. The van der Waals surface area contributed by atoms with Crippen molar-refractivity contribution in [2.75, 3.05) is 6.61 Å². The number of amides is 2. The first kappa shape index (κ1) is 17.3. The Morgan fingerprint density at radius 2 is 1.88 bits per heavy atom. The van der Waals surface area contributed by atoms with E-state index in [4.69, 9.17) is 4.74 Å². The minimum Gasteiger partial charge on any atom is -0.507 e. The highest BCUT2D eigenvalue weighted by Gasteiger charge is 2.12. The van der Waals surface area contributed by atoms with Crippen molar-refractivity contribution in [2.24, 2.45) is 0 Å². The van der Waals surface area contributed by atoms with Crippen molar-refractivity contribution in [3.63, 3.8) is 0 Å². The van der Waals surface area contributed by atoms with Crippen LogP contribution in [-0.2, 0) is 11.2 Å². The van der Waals surface area contributed by atoms with Gasteiger partial charge in [-0.2, -0.15) is 0 Å². The van der Waals surface area contributed by atoms with E-state index in [1.54, 1.807) is 19.1 Å². The third-order valence-electron chi connectivity index (χ3n) is 3.43. The molecule has 2 rings (SSSR count). The van der Waals surface area contributed by atoms with Crippen LogP contribution in [0.4, 0.5) is 0 Å². The zero-order valence-corrected chi connectivity index (χ0v) is 13.6. The number of carbonyl (C=O) groups excluding carboxylic acids is 2. The number of rotatable bonds is 5. The van der Waals surface area contributed by atoms with Gasteiger partial charge in [0.1, 0.15) is 11.5 Å². The van der Waals surface area contributed by atoms with Gasteiger partial charge in [-0.1, -0.05) is 31.2 Å². The van der Waals surface area contributed by atoms with Gasteiger partial charge in [-0.05, 0) is 42.7 Å². The number of hydrogen-bond acceptors (Lipinski definition) is 4. The van der Waals surface area contributed by atoms with Gasteiger partial charge in [0.15, 0.2) is 6.61 Å². The van der Waals surface area contributed by atoms with Gasteiger partial charge in [-0.15, -0.1) is 0 Å². The van der Waals surface area contributed by atoms with Crippen LogP contribution in [-0.4, -0.2) is 23.5 Å². The smallest absolute Gasteiger partial charge is 0.276 e. The molecule has 0 heterocycles. The van der Waals surface area contributed by atoms with Crippen LogP contribution < -0.4 is 15.6 Å². The van der Waals surface area contributed by atoms with Crippen molar-refractivity contribution in [1.29, 1.82) is 0 Å². The predicted octanol–water partition coefficient (Wildman–Crippen LogP) is 2.10. The number of ether oxygens (including phenoxy) is 1. The Morgan fingerprint density at radius 3 is 2.58 bits per heavy atom. The van der Waals surface area contributed by atoms with E-state index >= 15 is 0 Å². The van der Waals surface area contributed by atoms with Gasteiger partial charge >= 0.3 is 0 Å². The summed E-state index contributed by atoms with van der Waals surface area (Å²) in [5.74, 6) is -0.608. The van der Waals surface area contributed by atoms with E-state index in [0.29, 0.717) is 5.75 Å². The molecule has 24 heavy (non-hydrogen) atoms. The summed E-state index contributed by atoms with van der Waals surface area (Å²) >= 11 is 0. The van der Waals surface area contributed by atoms with Crippen molar-refractivity contribution in [3.8, 4) is 11.5 Å². The number of para-hydroxylation sites is 1. The standard InChI is InChI=1S/C18H20N2O4/c1-3-13-6-4-5-7-16(13)24-11-17(22)19-20-18(23)14-9-8-12(2)10-15(14)21/h4-10,21H,3,11H2,1-2H3,(H,19,22)(H,20,23). The average Bonchev–Trinajstić information content (AvgIpc) is 2.58. The number of carbonyl (C=O) groups is 2. The topological polar surface area (TPSA) is 87.7 Å². The second kappa shape index (κ2) is 8.01. The summed E-state index contributed by atoms with van der Waals surface area (Å²) in [6.45, 7) is 3.57. The third kappa shape index (κ3) is 4.49. The summed E-state index contributed by atoms with van der Waals surface area (Å²) in [6, 6.07) is 12.1. The van der Waals surface area contributed by atoms with Gasteiger partial charge in [0, 0.05) is 0 Å². The Labute approximate surface area is 140 Å². The lowest BCUT2D eigenvalue weighted by atomic mass is 10.1. The molecule has 0 saturated heterocycles. The van der Waals surface area contributed by atoms with Crippen LogP contribution in [0.3, 0.4) is 0 Å². The molecule has 0 fully saturated rings. The van der Waals surface area contributed by atoms with E-state index in [1.165, 1.54) is 12.1 Å². The molecule has 0 bridgehead atoms. The fraction of sp³-hybridized carbons (Fsp3) is 0.222. The molecule has 2 aromatic carbocycles. The first-order valence-electron chi connectivity index (χ1n) is 7.60. The second-order valence-electron chi connectivity index (χ2n) is 5.27. The molecule has 126 valence electrons. The van der Waals surface area contributed by atoms with Crippen LogP contribution >= 0.6 is 0 Å². The molecule has 6 heteroatoms. The zero-order chi connectivity index (χ0) is 17.5. The molecule has 0 aliphatic carbocycles. The summed E-state index contributed by atoms with van der Waals surface area (Å²) in [7, 11) is 0. The molecule has 0 saturated carbocycles. The number of nitrogens with one attached hydrogen (secondary N) is 2. The highest BCUT2D eigenvalue weighted by molar-refractivity contribution is 5.97. The van der Waals surface area contributed by atoms with Crippen LogP contribution in [0.15, 0.2) is 42.5 Å². The van der Waals surface area contributed by atoms with E-state index in [2.05, 4.69) is 10.9 Å². The monoisotopic (exact) mass is 328 g/mol. The first-order chi connectivity index (χ1) is 11.5. The molecular formula is C18H20N2O4. The SMILES string of the molecule is CCc1ccccc1OCC(=O)NNC(=O)c1ccc(C)cc1O. The highest BCUT2D eigenvalue weighted by Crippen LogP contribution is 2.18. The van der Waals surface area contributed by atoms with E-state index in [-0.39, 0.29) is 17.9 Å². The highest BCUT2D eigenvalue weighted by atomic mass is 16.5. The number of aryl methyl sites for hydroxylation is 2. The van der Waals surface area contributed by atoms with Gasteiger partial charge in [-0.25, -0.2) is 0 Å². The maximum atomic E-state index is 11.9. The quantitative estimate of drug-likeness (QED) is 0.734. The van der Waals surface area contributed by atoms with Gasteiger partial charge < -0.3 is 9.84 Å². The molecule has 0 atom stereocenters. The van der Waals surface area contributed by atoms with Crippen LogP contribution in [0.5, 0.6) is 11.5 Å². The molecule has 0 aliphatic heterocycles. The fourth-order valence-electron chi connectivity index (χ4n) is 2.14. The summed E-state index contributed by atoms with van der Waals surface area (Å²) in [5, 5.41) is 9.74. The van der Waals surface area contributed by atoms with E-state index < -0.39 is 11.8 Å². The van der Waals surface area contributed by atoms with Gasteiger partial charge in [-0.3, -0.25) is 20.4 Å². The molecule has 0 spiro atoms. The Kier molecular flexibility index (Phi) is 5.78. The molecule has 0 unspecified atom stereocenters. The summed E-state index contributed by atoms with van der Waals surface area (Å²) in [5.41, 5.74) is 6.41. The van der Waals surface area contributed by atoms with E-state index in [1.807, 2.05) is 25.1 Å². The van der Waals surface area contributed by atoms with Gasteiger partial charge in [0.2, 0.25) is 0 Å². The van der Waals surface area contributed by atoms with E-state index in [0.717, 1.165) is 17.5 Å². The Hall–Kier alpha value is -3.02. The van der Waals surface area contributed by atoms with Crippen molar-refractivity contribution < 1.29 is 19.4 Å². The van der Waals surface area contributed by atoms with Crippen molar-refractivity contribution in [2.45, 2.75) is 20.3 Å². The van der Waals surface area contributed by atoms with Crippen LogP contribution in [0, 0.1) is 6.92 Å². The molecule has 6 nitrogen and oxygen atoms in total. The lowest BCUT2D eigenvalue weighted by molar-refractivity contribution is -0.123.